The fraction of sp³-hybridized carbons (Fsp3) is 0. The number of ketones is 3. The van der Waals surface area contributed by atoms with E-state index < -0.39 is 5.20 Å². The van der Waals surface area contributed by atoms with E-state index in [1.165, 1.54) is 31.0 Å². The summed E-state index contributed by atoms with van der Waals surface area (Å²) in [5.74, 6) is -0.639. The molecule has 0 radical (unpaired) electrons. The van der Waals surface area contributed by atoms with Crippen molar-refractivity contribution in [2.45, 2.75) is 0 Å². The molecule has 0 spiro atoms. The lowest BCUT2D eigenvalue weighted by atomic mass is 10.1. The van der Waals surface area contributed by atoms with Crippen LogP contribution in [0.2, 0.25) is 5.15 Å². The van der Waals surface area contributed by atoms with Crippen LogP contribution in [-0.4, -0.2) is 91.3 Å². The maximum atomic E-state index is 12.6. The van der Waals surface area contributed by atoms with Crippen molar-refractivity contribution in [3.05, 3.63) is 235 Å². The molecule has 0 atom stereocenters. The van der Waals surface area contributed by atoms with Crippen LogP contribution in [-0.2, 0) is 4.57 Å². The number of rotatable bonds is 9. The highest BCUT2D eigenvalue weighted by Crippen LogP contribution is 2.61. The minimum Gasteiger partial charge on any atom is -0.287 e. The summed E-state index contributed by atoms with van der Waals surface area (Å²) in [4.78, 5) is 71.0. The molecule has 0 saturated heterocycles. The van der Waals surface area contributed by atoms with Gasteiger partial charge in [-0.2, -0.15) is 15.3 Å². The van der Waals surface area contributed by atoms with Gasteiger partial charge in [0.15, 0.2) is 16.9 Å². The van der Waals surface area contributed by atoms with Crippen molar-refractivity contribution >= 4 is 84.8 Å². The van der Waals surface area contributed by atoms with E-state index in [1.54, 1.807) is 154 Å². The Hall–Kier alpha value is -9.04. The zero-order valence-corrected chi connectivity index (χ0v) is 42.6. The Morgan fingerprint density at radius 3 is 1.17 bits per heavy atom. The van der Waals surface area contributed by atoms with Gasteiger partial charge in [0, 0.05) is 89.3 Å². The predicted octanol–water partition coefficient (Wildman–Crippen LogP) is 9.85. The number of nitrogens with zero attached hydrogens (tertiary/aromatic N) is 15. The van der Waals surface area contributed by atoms with E-state index in [0.29, 0.717) is 55.9 Å². The van der Waals surface area contributed by atoms with E-state index in [0.717, 1.165) is 38.5 Å². The SMILES string of the molecule is O=C(c1ccccn1)c1cnn2c(-c3cc[n+](O)cc3)ccnc12.O=C(c1ccccn1)c1cnn2c(-c3ccnc(Cl)c3)ccnc12.O=C(c1ccccn1)c1cnn2c(-c3ccncc3)ccnc12.O=P(Cl)(Cl)Cl. The zero-order chi connectivity index (χ0) is 53.2. The van der Waals surface area contributed by atoms with E-state index in [4.69, 9.17) is 11.6 Å². The van der Waals surface area contributed by atoms with E-state index in [-0.39, 0.29) is 17.3 Å². The Labute approximate surface area is 448 Å². The van der Waals surface area contributed by atoms with Crippen LogP contribution in [0.25, 0.3) is 50.7 Å². The fourth-order valence-corrected chi connectivity index (χ4v) is 7.56. The maximum absolute atomic E-state index is 12.6. The van der Waals surface area contributed by atoms with Gasteiger partial charge < -0.3 is 0 Å². The molecule has 1 N–H and O–H groups in total. The average Bonchev–Trinajstić information content (AvgIpc) is 4.24. The topological polar surface area (TPSA) is 247 Å². The number of hydrogen-bond donors (Lipinski definition) is 1. The Morgan fingerprint density at radius 1 is 0.447 bits per heavy atom. The molecule has 0 bridgehead atoms. The first-order valence-corrected chi connectivity index (χ1v) is 26.9. The molecule has 76 heavy (non-hydrogen) atoms. The molecule has 0 unspecified atom stereocenters. The number of aromatic nitrogens is 15. The van der Waals surface area contributed by atoms with Crippen LogP contribution in [0, 0.1) is 0 Å². The van der Waals surface area contributed by atoms with Crippen molar-refractivity contribution in [1.29, 1.82) is 0 Å². The highest BCUT2D eigenvalue weighted by Gasteiger charge is 2.21. The van der Waals surface area contributed by atoms with Crippen LogP contribution in [0.1, 0.15) is 48.2 Å². The Balaban J connectivity index is 0.000000133. The first-order valence-electron chi connectivity index (χ1n) is 22.1. The molecule has 12 aromatic heterocycles. The fourth-order valence-electron chi connectivity index (χ4n) is 7.39. The van der Waals surface area contributed by atoms with Crippen molar-refractivity contribution < 1.29 is 28.9 Å². The van der Waals surface area contributed by atoms with Gasteiger partial charge in [0.25, 0.3) is 0 Å². The van der Waals surface area contributed by atoms with E-state index in [2.05, 4.69) is 88.9 Å². The number of halogens is 4. The molecule has 20 nitrogen and oxygen atoms in total. The number of fused-ring (bicyclic) bond motifs is 3. The molecule has 0 aliphatic heterocycles. The van der Waals surface area contributed by atoms with Crippen molar-refractivity contribution in [2.24, 2.45) is 0 Å². The second kappa shape index (κ2) is 23.4. The van der Waals surface area contributed by atoms with Crippen LogP contribution < -0.4 is 4.73 Å². The van der Waals surface area contributed by atoms with Gasteiger partial charge in [0.2, 0.25) is 29.7 Å². The predicted molar refractivity (Wildman–Crippen MR) is 281 cm³/mol. The van der Waals surface area contributed by atoms with Crippen LogP contribution in [0.15, 0.2) is 196 Å². The number of carbonyl (C=O) groups is 3. The second-order valence-electron chi connectivity index (χ2n) is 15.5. The van der Waals surface area contributed by atoms with E-state index in [9.17, 15) is 24.2 Å². The van der Waals surface area contributed by atoms with Gasteiger partial charge in [-0.3, -0.25) is 44.1 Å². The van der Waals surface area contributed by atoms with Crippen LogP contribution in [0.4, 0.5) is 0 Å². The summed E-state index contributed by atoms with van der Waals surface area (Å²) in [6, 6.07) is 31.9. The lowest BCUT2D eigenvalue weighted by Crippen LogP contribution is -2.27. The summed E-state index contributed by atoms with van der Waals surface area (Å²) in [5.41, 5.74) is 8.74. The third-order valence-corrected chi connectivity index (χ3v) is 10.9. The largest absolute Gasteiger partial charge is 0.339 e. The maximum Gasteiger partial charge on any atom is 0.339 e. The third-order valence-electron chi connectivity index (χ3n) is 10.7. The molecule has 0 fully saturated rings. The van der Waals surface area contributed by atoms with Crippen molar-refractivity contribution in [2.75, 3.05) is 0 Å². The van der Waals surface area contributed by atoms with Gasteiger partial charge in [0.05, 0.1) is 52.4 Å². The summed E-state index contributed by atoms with van der Waals surface area (Å²) in [6.07, 6.45) is 22.3. The summed E-state index contributed by atoms with van der Waals surface area (Å²) >= 11 is 19.8. The number of pyridine rings is 6. The molecule has 12 aromatic rings. The summed E-state index contributed by atoms with van der Waals surface area (Å²) in [5, 5.41) is 19.5. The van der Waals surface area contributed by atoms with Gasteiger partial charge >= 0.3 is 5.20 Å². The summed E-state index contributed by atoms with van der Waals surface area (Å²) < 4.78 is 15.3. The van der Waals surface area contributed by atoms with Gasteiger partial charge in [-0.05, 0) is 113 Å². The molecule has 0 aliphatic rings. The van der Waals surface area contributed by atoms with Crippen molar-refractivity contribution in [3.8, 4) is 33.8 Å². The minimum atomic E-state index is -3.22. The molecule has 0 aliphatic carbocycles. The van der Waals surface area contributed by atoms with Crippen molar-refractivity contribution in [3.63, 3.8) is 0 Å². The Morgan fingerprint density at radius 2 is 0.803 bits per heavy atom. The quantitative estimate of drug-likeness (QED) is 0.0464. The molecular weight excluding hydrogens is 1080 g/mol. The second-order valence-corrected chi connectivity index (χ2v) is 22.5. The number of carbonyl (C=O) groups excluding carboxylic acids is 3. The van der Waals surface area contributed by atoms with Crippen LogP contribution in [0.3, 0.4) is 0 Å². The first-order chi connectivity index (χ1) is 36.8. The molecule has 12 rings (SSSR count). The lowest BCUT2D eigenvalue weighted by Gasteiger charge is -2.05. The standard InChI is InChI=1S/C17H10ClN5O.C17H12N5O2.C17H11N5O.Cl3OP/c18-15-9-11(4-7-20-15)14-5-8-21-17-12(10-22-23(14)17)16(24)13-3-1-2-6-19-13;23-16(14-3-1-2-7-18-14)13-11-20-22-15(4-8-19-17(13)22)12-5-9-21(24)10-6-12;23-16(14-3-1-2-7-19-14)13-11-21-22-15(6-10-20-17(13)22)12-4-8-18-9-5-12;1-5(2,3)4/h1-10H;1-11,24H;1-11H;/q;+1;;. The molecule has 12 heterocycles. The molecule has 0 saturated carbocycles. The highest BCUT2D eigenvalue weighted by atomic mass is 36.0. The Kier molecular flexibility index (Phi) is 16.0. The van der Waals surface area contributed by atoms with Gasteiger partial charge in [-0.25, -0.2) is 33.5 Å². The van der Waals surface area contributed by atoms with Crippen molar-refractivity contribution in [1.82, 2.24) is 68.7 Å². The zero-order valence-electron chi connectivity index (χ0n) is 38.7. The summed E-state index contributed by atoms with van der Waals surface area (Å²) in [7, 11) is 0. The highest BCUT2D eigenvalue weighted by molar-refractivity contribution is 8.24. The van der Waals surface area contributed by atoms with Crippen LogP contribution in [0.5, 0.6) is 0 Å². The lowest BCUT2D eigenvalue weighted by molar-refractivity contribution is -0.904. The normalized spacial score (nSPS) is 10.9. The number of hydrogen-bond acceptors (Lipinski definition) is 16. The van der Waals surface area contributed by atoms with E-state index in [1.807, 2.05) is 24.3 Å². The van der Waals surface area contributed by atoms with E-state index >= 15 is 0 Å². The first kappa shape index (κ1) is 51.8. The monoisotopic (exact) mass is 1110 g/mol. The third kappa shape index (κ3) is 12.1. The van der Waals surface area contributed by atoms with Gasteiger partial charge in [-0.1, -0.05) is 29.8 Å². The molecular formula is C51H33Cl4N15O5P+. The molecule has 374 valence electrons. The van der Waals surface area contributed by atoms with Crippen LogP contribution >= 0.6 is 50.5 Å². The smallest absolute Gasteiger partial charge is 0.287 e. The molecule has 0 aromatic carbocycles. The average molecular weight is 1110 g/mol. The molecule has 0 amide bonds. The minimum absolute atomic E-state index is 0.194. The molecule has 25 heteroatoms. The summed E-state index contributed by atoms with van der Waals surface area (Å²) in [6.45, 7) is 0. The Bertz CT molecular complexity index is 4050. The van der Waals surface area contributed by atoms with Gasteiger partial charge in [-0.15, -0.1) is 0 Å². The van der Waals surface area contributed by atoms with Gasteiger partial charge in [0.1, 0.15) is 22.2 Å².